The fourth-order valence-corrected chi connectivity index (χ4v) is 6.32. The average Bonchev–Trinajstić information content (AvgIpc) is 3.27. The molecule has 3 atom stereocenters. The van der Waals surface area contributed by atoms with Gasteiger partial charge in [0.2, 0.25) is 5.91 Å². The molecular weight excluding hydrogens is 490 g/mol. The fourth-order valence-electron chi connectivity index (χ4n) is 6.32. The van der Waals surface area contributed by atoms with E-state index in [0.717, 1.165) is 43.7 Å². The summed E-state index contributed by atoms with van der Waals surface area (Å²) >= 11 is 0. The summed E-state index contributed by atoms with van der Waals surface area (Å²) in [6.45, 7) is 8.95. The van der Waals surface area contributed by atoms with Gasteiger partial charge in [-0.15, -0.1) is 0 Å². The van der Waals surface area contributed by atoms with Gasteiger partial charge in [0.1, 0.15) is 12.4 Å². The lowest BCUT2D eigenvalue weighted by Crippen LogP contribution is -2.55. The predicted molar refractivity (Wildman–Crippen MR) is 152 cm³/mol. The number of para-hydroxylation sites is 1. The normalized spacial score (nSPS) is 22.3. The lowest BCUT2D eigenvalue weighted by Gasteiger charge is -2.42. The Kier molecular flexibility index (Phi) is 8.03. The second-order valence-electron chi connectivity index (χ2n) is 11.1. The first kappa shape index (κ1) is 26.9. The van der Waals surface area contributed by atoms with Crippen LogP contribution < -0.4 is 14.5 Å². The Morgan fingerprint density at radius 1 is 1.26 bits per heavy atom. The van der Waals surface area contributed by atoms with Crippen LogP contribution in [0.4, 0.5) is 11.5 Å². The van der Waals surface area contributed by atoms with Crippen LogP contribution in [0.2, 0.25) is 0 Å². The van der Waals surface area contributed by atoms with Gasteiger partial charge in [-0.2, -0.15) is 15.2 Å². The second-order valence-corrected chi connectivity index (χ2v) is 11.1. The molecule has 1 saturated heterocycles. The molecule has 0 radical (unpaired) electrons. The number of ether oxygens (including phenoxy) is 1. The molecular formula is C30H39N7O2. The minimum Gasteiger partial charge on any atom is -0.462 e. The highest BCUT2D eigenvalue weighted by molar-refractivity contribution is 5.87. The molecule has 5 rings (SSSR count). The number of aromatic nitrogens is 2. The molecule has 1 amide bonds. The zero-order valence-electron chi connectivity index (χ0n) is 23.3. The predicted octanol–water partition coefficient (Wildman–Crippen LogP) is 2.84. The van der Waals surface area contributed by atoms with Crippen molar-refractivity contribution in [1.29, 1.82) is 5.26 Å². The minimum absolute atomic E-state index is 0.129. The molecule has 39 heavy (non-hydrogen) atoms. The van der Waals surface area contributed by atoms with Gasteiger partial charge >= 0.3 is 6.01 Å². The van der Waals surface area contributed by atoms with Crippen molar-refractivity contribution >= 4 is 17.4 Å². The number of hydrogen-bond donors (Lipinski definition) is 0. The molecule has 1 aliphatic carbocycles. The molecule has 1 aromatic heterocycles. The van der Waals surface area contributed by atoms with Crippen LogP contribution in [0.1, 0.15) is 36.6 Å². The number of carbonyl (C=O) groups excluding carboxylic acids is 1. The number of benzene rings is 1. The van der Waals surface area contributed by atoms with E-state index in [-0.39, 0.29) is 18.4 Å². The monoisotopic (exact) mass is 529 g/mol. The molecule has 1 aromatic carbocycles. The summed E-state index contributed by atoms with van der Waals surface area (Å²) in [5.41, 5.74) is 4.99. The van der Waals surface area contributed by atoms with Crippen LogP contribution in [-0.2, 0) is 24.1 Å². The molecule has 9 nitrogen and oxygen atoms in total. The van der Waals surface area contributed by atoms with Gasteiger partial charge in [-0.3, -0.25) is 4.79 Å². The van der Waals surface area contributed by atoms with Crippen molar-refractivity contribution in [3.8, 4) is 12.1 Å². The van der Waals surface area contributed by atoms with Gasteiger partial charge in [0.05, 0.1) is 24.2 Å². The van der Waals surface area contributed by atoms with Gasteiger partial charge in [0, 0.05) is 55.9 Å². The first-order valence-electron chi connectivity index (χ1n) is 14.0. The molecule has 2 aliphatic heterocycles. The SMILES string of the molecule is C=CC(=O)N1CCN(c2nc(OCCN(C)C)nc3c2CC[C@@H](N2c4ccccc4C[C@H]2C)C3)C[C@@H]1CC#N. The van der Waals surface area contributed by atoms with Crippen LogP contribution in [0.25, 0.3) is 0 Å². The number of nitriles is 1. The summed E-state index contributed by atoms with van der Waals surface area (Å²) in [6.07, 6.45) is 5.42. The van der Waals surface area contributed by atoms with E-state index in [2.05, 4.69) is 58.5 Å². The molecule has 0 saturated carbocycles. The summed E-state index contributed by atoms with van der Waals surface area (Å²) in [7, 11) is 4.03. The Morgan fingerprint density at radius 3 is 2.85 bits per heavy atom. The topological polar surface area (TPSA) is 88.8 Å². The van der Waals surface area contributed by atoms with Crippen molar-refractivity contribution in [3.05, 3.63) is 53.7 Å². The molecule has 3 heterocycles. The van der Waals surface area contributed by atoms with Crippen molar-refractivity contribution in [1.82, 2.24) is 19.8 Å². The van der Waals surface area contributed by atoms with E-state index in [4.69, 9.17) is 14.7 Å². The van der Waals surface area contributed by atoms with Gasteiger partial charge in [0.25, 0.3) is 0 Å². The van der Waals surface area contributed by atoms with Crippen molar-refractivity contribution in [2.45, 2.75) is 57.2 Å². The Bertz CT molecular complexity index is 1260. The molecule has 0 unspecified atom stereocenters. The summed E-state index contributed by atoms with van der Waals surface area (Å²) < 4.78 is 6.07. The molecule has 2 aromatic rings. The third kappa shape index (κ3) is 5.57. The molecule has 3 aliphatic rings. The highest BCUT2D eigenvalue weighted by atomic mass is 16.5. The van der Waals surface area contributed by atoms with E-state index in [9.17, 15) is 10.1 Å². The average molecular weight is 530 g/mol. The lowest BCUT2D eigenvalue weighted by molar-refractivity contribution is -0.128. The minimum atomic E-state index is -0.212. The van der Waals surface area contributed by atoms with Gasteiger partial charge in [-0.25, -0.2) is 0 Å². The number of rotatable bonds is 8. The standard InChI is InChI=1S/C30H39N7O2/c1-5-28(38)36-15-14-35(20-24(36)12-13-31)29-25-11-10-23(37-21(2)18-22-8-6-7-9-27(22)37)19-26(25)32-30(33-29)39-17-16-34(3)4/h5-9,21,23-24H,1,10-12,14-20H2,2-4H3/t21-,23-,24+/m1/s1. The van der Waals surface area contributed by atoms with E-state index in [1.807, 2.05) is 14.1 Å². The summed E-state index contributed by atoms with van der Waals surface area (Å²) in [5, 5.41) is 9.46. The maximum atomic E-state index is 12.5. The number of carbonyl (C=O) groups is 1. The molecule has 9 heteroatoms. The smallest absolute Gasteiger partial charge is 0.318 e. The van der Waals surface area contributed by atoms with Crippen LogP contribution in [0, 0.1) is 11.3 Å². The van der Waals surface area contributed by atoms with Crippen molar-refractivity contribution in [3.63, 3.8) is 0 Å². The number of piperazine rings is 1. The highest BCUT2D eigenvalue weighted by Crippen LogP contribution is 2.39. The Balaban J connectivity index is 1.45. The molecule has 206 valence electrons. The van der Waals surface area contributed by atoms with Crippen molar-refractivity contribution in [2.75, 3.05) is 56.7 Å². The van der Waals surface area contributed by atoms with Crippen LogP contribution in [-0.4, -0.2) is 90.7 Å². The highest BCUT2D eigenvalue weighted by Gasteiger charge is 2.37. The Morgan fingerprint density at radius 2 is 2.08 bits per heavy atom. The van der Waals surface area contributed by atoms with E-state index in [0.29, 0.717) is 44.3 Å². The molecule has 0 bridgehead atoms. The fraction of sp³-hybridized carbons (Fsp3) is 0.533. The summed E-state index contributed by atoms with van der Waals surface area (Å²) in [5.74, 6) is 0.761. The van der Waals surface area contributed by atoms with E-state index < -0.39 is 0 Å². The first-order chi connectivity index (χ1) is 18.9. The number of anilines is 2. The van der Waals surface area contributed by atoms with Gasteiger partial charge in [0.15, 0.2) is 0 Å². The largest absolute Gasteiger partial charge is 0.462 e. The summed E-state index contributed by atoms with van der Waals surface area (Å²) in [4.78, 5) is 31.0. The number of fused-ring (bicyclic) bond motifs is 2. The Labute approximate surface area is 231 Å². The van der Waals surface area contributed by atoms with Crippen LogP contribution >= 0.6 is 0 Å². The lowest BCUT2D eigenvalue weighted by atomic mass is 9.90. The maximum absolute atomic E-state index is 12.5. The zero-order valence-corrected chi connectivity index (χ0v) is 23.3. The van der Waals surface area contributed by atoms with Gasteiger partial charge < -0.3 is 24.3 Å². The third-order valence-corrected chi connectivity index (χ3v) is 8.20. The summed E-state index contributed by atoms with van der Waals surface area (Å²) in [6, 6.07) is 12.0. The van der Waals surface area contributed by atoms with Gasteiger partial charge in [-0.05, 0) is 58.0 Å². The van der Waals surface area contributed by atoms with Gasteiger partial charge in [-0.1, -0.05) is 24.8 Å². The number of amides is 1. The maximum Gasteiger partial charge on any atom is 0.318 e. The number of likely N-dealkylation sites (N-methyl/N-ethyl adjacent to an activating group) is 1. The number of nitrogens with zero attached hydrogens (tertiary/aromatic N) is 7. The molecule has 1 fully saturated rings. The van der Waals surface area contributed by atoms with E-state index in [1.165, 1.54) is 22.9 Å². The van der Waals surface area contributed by atoms with Crippen LogP contribution in [0.5, 0.6) is 6.01 Å². The quantitative estimate of drug-likeness (QED) is 0.483. The van der Waals surface area contributed by atoms with Crippen molar-refractivity contribution in [2.24, 2.45) is 0 Å². The van der Waals surface area contributed by atoms with E-state index in [1.54, 1.807) is 4.90 Å². The first-order valence-corrected chi connectivity index (χ1v) is 14.0. The zero-order chi connectivity index (χ0) is 27.5. The van der Waals surface area contributed by atoms with Crippen LogP contribution in [0.15, 0.2) is 36.9 Å². The Hall–Kier alpha value is -3.64. The van der Waals surface area contributed by atoms with Crippen LogP contribution in [0.3, 0.4) is 0 Å². The van der Waals surface area contributed by atoms with E-state index >= 15 is 0 Å². The van der Waals surface area contributed by atoms with Crippen molar-refractivity contribution < 1.29 is 9.53 Å². The molecule has 0 spiro atoms. The number of hydrogen-bond acceptors (Lipinski definition) is 8. The third-order valence-electron chi connectivity index (χ3n) is 8.20. The second kappa shape index (κ2) is 11.6. The molecule has 0 N–H and O–H groups in total.